The lowest BCUT2D eigenvalue weighted by Crippen LogP contribution is -2.33. The summed E-state index contributed by atoms with van der Waals surface area (Å²) in [5.41, 5.74) is 7.05. The maximum absolute atomic E-state index is 13.1. The summed E-state index contributed by atoms with van der Waals surface area (Å²) in [6.07, 6.45) is 1.51. The van der Waals surface area contributed by atoms with Crippen LogP contribution in [0.15, 0.2) is 34.8 Å². The predicted octanol–water partition coefficient (Wildman–Crippen LogP) is 3.29. The fourth-order valence-corrected chi connectivity index (χ4v) is 5.41. The zero-order valence-electron chi connectivity index (χ0n) is 16.7. The maximum Gasteiger partial charge on any atom is 0.407 e. The molecule has 3 aromatic rings. The van der Waals surface area contributed by atoms with Gasteiger partial charge in [0.1, 0.15) is 10.6 Å². The largest absolute Gasteiger partial charge is 0.444 e. The van der Waals surface area contributed by atoms with Gasteiger partial charge in [0.2, 0.25) is 4.34 Å². The number of nitrogens with zero attached hydrogens (tertiary/aromatic N) is 2. The molecule has 0 saturated heterocycles. The number of nitrogens with two attached hydrogens (primary N) is 1. The number of aryl methyl sites for hydroxylation is 1. The molecule has 156 valence electrons. The standard InChI is InChI=1S/C19H24N4O4S2/c1-12-16(20)28-18(22-12)29(25,26)23-11-13(14-7-5-6-8-15(14)23)9-10-21-17(24)27-19(2,3)4/h5-8,11H,9-10,20H2,1-4H3,(H,21,24). The third-order valence-electron chi connectivity index (χ3n) is 4.12. The molecule has 1 amide bonds. The Kier molecular flexibility index (Phi) is 5.59. The summed E-state index contributed by atoms with van der Waals surface area (Å²) in [6.45, 7) is 7.35. The van der Waals surface area contributed by atoms with Crippen molar-refractivity contribution in [1.29, 1.82) is 0 Å². The Bertz CT molecular complexity index is 1140. The number of alkyl carbamates (subject to hydrolysis) is 1. The molecule has 3 rings (SSSR count). The smallest absolute Gasteiger partial charge is 0.407 e. The van der Waals surface area contributed by atoms with Crippen LogP contribution in [0.2, 0.25) is 0 Å². The number of nitrogens with one attached hydrogen (secondary N) is 1. The number of ether oxygens (including phenoxy) is 1. The maximum atomic E-state index is 13.1. The number of carbonyl (C=O) groups excluding carboxylic acids is 1. The van der Waals surface area contributed by atoms with Crippen LogP contribution < -0.4 is 11.1 Å². The second-order valence-corrected chi connectivity index (χ2v) is 10.6. The summed E-state index contributed by atoms with van der Waals surface area (Å²) in [6, 6.07) is 7.21. The van der Waals surface area contributed by atoms with Crippen LogP contribution in [-0.4, -0.2) is 35.6 Å². The van der Waals surface area contributed by atoms with Crippen molar-refractivity contribution < 1.29 is 17.9 Å². The molecule has 0 aliphatic carbocycles. The van der Waals surface area contributed by atoms with E-state index in [0.29, 0.717) is 29.2 Å². The van der Waals surface area contributed by atoms with Gasteiger partial charge in [0.15, 0.2) is 0 Å². The van der Waals surface area contributed by atoms with Crippen molar-refractivity contribution in [3.05, 3.63) is 41.7 Å². The van der Waals surface area contributed by atoms with E-state index in [1.54, 1.807) is 46.0 Å². The molecule has 8 nitrogen and oxygen atoms in total. The third-order valence-corrected chi connectivity index (χ3v) is 7.13. The molecular weight excluding hydrogens is 412 g/mol. The van der Waals surface area contributed by atoms with Crippen molar-refractivity contribution in [2.45, 2.75) is 44.1 Å². The number of nitrogen functional groups attached to an aromatic ring is 1. The molecule has 10 heteroatoms. The van der Waals surface area contributed by atoms with Crippen molar-refractivity contribution in [2.75, 3.05) is 12.3 Å². The van der Waals surface area contributed by atoms with Crippen LogP contribution in [0.4, 0.5) is 9.80 Å². The quantitative estimate of drug-likeness (QED) is 0.634. The minimum atomic E-state index is -3.88. The molecule has 0 fully saturated rings. The van der Waals surface area contributed by atoms with Crippen LogP contribution >= 0.6 is 11.3 Å². The van der Waals surface area contributed by atoms with E-state index in [4.69, 9.17) is 10.5 Å². The SMILES string of the molecule is Cc1nc(S(=O)(=O)n2cc(CCNC(=O)OC(C)(C)C)c3ccccc32)sc1N. The van der Waals surface area contributed by atoms with Gasteiger partial charge in [0.25, 0.3) is 10.0 Å². The predicted molar refractivity (Wildman–Crippen MR) is 114 cm³/mol. The summed E-state index contributed by atoms with van der Waals surface area (Å²) in [5.74, 6) is 0. The van der Waals surface area contributed by atoms with Crippen molar-refractivity contribution in [3.8, 4) is 0 Å². The summed E-state index contributed by atoms with van der Waals surface area (Å²) in [4.78, 5) is 15.9. The van der Waals surface area contributed by atoms with Crippen LogP contribution in [0.1, 0.15) is 32.0 Å². The number of hydrogen-bond acceptors (Lipinski definition) is 7. The number of rotatable bonds is 5. The Balaban J connectivity index is 1.89. The van der Waals surface area contributed by atoms with E-state index >= 15 is 0 Å². The van der Waals surface area contributed by atoms with Gasteiger partial charge in [0, 0.05) is 18.1 Å². The average Bonchev–Trinajstić information content (AvgIpc) is 3.15. The summed E-state index contributed by atoms with van der Waals surface area (Å²) in [7, 11) is -3.88. The van der Waals surface area contributed by atoms with Gasteiger partial charge < -0.3 is 15.8 Å². The Morgan fingerprint density at radius 2 is 2.00 bits per heavy atom. The van der Waals surface area contributed by atoms with E-state index in [1.165, 1.54) is 3.97 Å². The molecule has 0 atom stereocenters. The third kappa shape index (κ3) is 4.54. The number of aromatic nitrogens is 2. The lowest BCUT2D eigenvalue weighted by molar-refractivity contribution is 0.0528. The van der Waals surface area contributed by atoms with E-state index in [9.17, 15) is 13.2 Å². The van der Waals surface area contributed by atoms with E-state index in [2.05, 4.69) is 10.3 Å². The second kappa shape index (κ2) is 7.68. The minimum Gasteiger partial charge on any atom is -0.444 e. The van der Waals surface area contributed by atoms with Crippen molar-refractivity contribution in [2.24, 2.45) is 0 Å². The Labute approximate surface area is 173 Å². The number of benzene rings is 1. The molecule has 2 heterocycles. The van der Waals surface area contributed by atoms with Crippen LogP contribution in [-0.2, 0) is 21.2 Å². The van der Waals surface area contributed by atoms with Crippen molar-refractivity contribution >= 4 is 43.4 Å². The lowest BCUT2D eigenvalue weighted by atomic mass is 10.1. The molecule has 0 aliphatic rings. The number of thiazole rings is 1. The van der Waals surface area contributed by atoms with E-state index in [1.807, 2.05) is 12.1 Å². The molecule has 1 aromatic carbocycles. The highest BCUT2D eigenvalue weighted by Crippen LogP contribution is 2.30. The highest BCUT2D eigenvalue weighted by molar-refractivity contribution is 7.92. The van der Waals surface area contributed by atoms with Gasteiger partial charge >= 0.3 is 6.09 Å². The molecule has 0 spiro atoms. The fourth-order valence-electron chi connectivity index (χ4n) is 2.81. The molecule has 0 unspecified atom stereocenters. The van der Waals surface area contributed by atoms with Gasteiger partial charge in [-0.15, -0.1) is 0 Å². The minimum absolute atomic E-state index is 0.0494. The number of fused-ring (bicyclic) bond motifs is 1. The number of amides is 1. The zero-order valence-corrected chi connectivity index (χ0v) is 18.4. The lowest BCUT2D eigenvalue weighted by Gasteiger charge is -2.19. The van der Waals surface area contributed by atoms with Crippen LogP contribution in [0.3, 0.4) is 0 Å². The average molecular weight is 437 g/mol. The highest BCUT2D eigenvalue weighted by atomic mass is 32.2. The molecule has 0 radical (unpaired) electrons. The molecule has 29 heavy (non-hydrogen) atoms. The van der Waals surface area contributed by atoms with Crippen molar-refractivity contribution in [1.82, 2.24) is 14.3 Å². The van der Waals surface area contributed by atoms with Crippen molar-refractivity contribution in [3.63, 3.8) is 0 Å². The molecule has 0 aliphatic heterocycles. The van der Waals surface area contributed by atoms with Crippen LogP contribution in [0.5, 0.6) is 0 Å². The number of para-hydroxylation sites is 1. The normalized spacial score (nSPS) is 12.3. The number of hydrogen-bond donors (Lipinski definition) is 2. The molecule has 3 N–H and O–H groups in total. The van der Waals surface area contributed by atoms with Crippen LogP contribution in [0.25, 0.3) is 10.9 Å². The Hall–Kier alpha value is -2.59. The first-order valence-corrected chi connectivity index (χ1v) is 11.3. The summed E-state index contributed by atoms with van der Waals surface area (Å²) in [5, 5.41) is 3.87. The van der Waals surface area contributed by atoms with Gasteiger partial charge in [-0.05, 0) is 45.7 Å². The van der Waals surface area contributed by atoms with E-state index in [0.717, 1.165) is 22.3 Å². The Morgan fingerprint density at radius 1 is 1.31 bits per heavy atom. The first-order chi connectivity index (χ1) is 13.5. The summed E-state index contributed by atoms with van der Waals surface area (Å²) >= 11 is 0.945. The van der Waals surface area contributed by atoms with Gasteiger partial charge in [0.05, 0.1) is 11.2 Å². The number of anilines is 1. The first kappa shape index (κ1) is 21.1. The molecule has 2 aromatic heterocycles. The van der Waals surface area contributed by atoms with Gasteiger partial charge in [-0.2, -0.15) is 8.42 Å². The number of carbonyl (C=O) groups is 1. The summed E-state index contributed by atoms with van der Waals surface area (Å²) < 4.78 is 32.7. The topological polar surface area (TPSA) is 116 Å². The van der Waals surface area contributed by atoms with Gasteiger partial charge in [-0.1, -0.05) is 29.5 Å². The van der Waals surface area contributed by atoms with Gasteiger partial charge in [-0.3, -0.25) is 0 Å². The molecule has 0 saturated carbocycles. The molecule has 0 bridgehead atoms. The van der Waals surface area contributed by atoms with Crippen LogP contribution in [0, 0.1) is 6.92 Å². The Morgan fingerprint density at radius 3 is 2.62 bits per heavy atom. The monoisotopic (exact) mass is 436 g/mol. The first-order valence-electron chi connectivity index (χ1n) is 9.03. The second-order valence-electron chi connectivity index (χ2n) is 7.58. The fraction of sp³-hybridized carbons (Fsp3) is 0.368. The van der Waals surface area contributed by atoms with Gasteiger partial charge in [-0.25, -0.2) is 13.8 Å². The van der Waals surface area contributed by atoms with E-state index < -0.39 is 21.7 Å². The highest BCUT2D eigenvalue weighted by Gasteiger charge is 2.25. The zero-order chi connectivity index (χ0) is 21.4. The van der Waals surface area contributed by atoms with E-state index in [-0.39, 0.29) is 4.34 Å². The molecular formula is C19H24N4O4S2.